The van der Waals surface area contributed by atoms with Crippen molar-refractivity contribution in [2.24, 2.45) is 0 Å². The molecule has 0 bridgehead atoms. The molecular weight excluding hydrogens is 254 g/mol. The Morgan fingerprint density at radius 3 is 2.45 bits per heavy atom. The molecule has 20 heavy (non-hydrogen) atoms. The number of nitrogens with two attached hydrogens (primary N) is 1. The van der Waals surface area contributed by atoms with Crippen LogP contribution in [0.2, 0.25) is 0 Å². The van der Waals surface area contributed by atoms with Crippen molar-refractivity contribution in [1.82, 2.24) is 10.1 Å². The Labute approximate surface area is 115 Å². The van der Waals surface area contributed by atoms with Crippen molar-refractivity contribution in [2.75, 3.05) is 5.73 Å². The molecule has 1 aromatic carbocycles. The number of aromatic amines is 1. The van der Waals surface area contributed by atoms with Crippen LogP contribution in [0.4, 0.5) is 5.88 Å². The van der Waals surface area contributed by atoms with Crippen LogP contribution in [0.3, 0.4) is 0 Å². The smallest absolute Gasteiger partial charge is 0.247 e. The number of rotatable bonds is 2. The molecule has 0 fully saturated rings. The SMILES string of the molecule is Cc1ccc(-c2c(-c3ccc(=O)[nH]c3)noc2N)cc1. The first kappa shape index (κ1) is 12.2. The molecule has 0 aliphatic rings. The van der Waals surface area contributed by atoms with Crippen LogP contribution >= 0.6 is 0 Å². The molecule has 0 unspecified atom stereocenters. The molecule has 2 heterocycles. The van der Waals surface area contributed by atoms with Crippen molar-refractivity contribution in [3.8, 4) is 22.4 Å². The molecule has 3 rings (SSSR count). The standard InChI is InChI=1S/C15H13N3O2/c1-9-2-4-10(5-3-9)13-14(18-20-15(13)16)11-6-7-12(19)17-8-11/h2-8H,16H2,1H3,(H,17,19). The van der Waals surface area contributed by atoms with E-state index in [0.717, 1.165) is 22.3 Å². The van der Waals surface area contributed by atoms with Gasteiger partial charge in [-0.2, -0.15) is 0 Å². The molecule has 5 heteroatoms. The number of pyridine rings is 1. The fraction of sp³-hybridized carbons (Fsp3) is 0.0667. The van der Waals surface area contributed by atoms with Gasteiger partial charge in [-0.1, -0.05) is 35.0 Å². The minimum Gasteiger partial charge on any atom is -0.367 e. The highest BCUT2D eigenvalue weighted by atomic mass is 16.5. The number of aryl methyl sites for hydroxylation is 1. The average molecular weight is 267 g/mol. The van der Waals surface area contributed by atoms with Crippen LogP contribution in [-0.2, 0) is 0 Å². The molecule has 0 spiro atoms. The third-order valence-electron chi connectivity index (χ3n) is 3.12. The lowest BCUT2D eigenvalue weighted by Crippen LogP contribution is -2.01. The van der Waals surface area contributed by atoms with Crippen LogP contribution in [0.5, 0.6) is 0 Å². The topological polar surface area (TPSA) is 84.9 Å². The number of nitrogens with zero attached hydrogens (tertiary/aromatic N) is 1. The van der Waals surface area contributed by atoms with Gasteiger partial charge in [0.2, 0.25) is 11.4 Å². The van der Waals surface area contributed by atoms with Gasteiger partial charge in [-0.05, 0) is 18.6 Å². The van der Waals surface area contributed by atoms with Gasteiger partial charge in [0, 0.05) is 17.8 Å². The van der Waals surface area contributed by atoms with E-state index in [-0.39, 0.29) is 11.4 Å². The van der Waals surface area contributed by atoms with E-state index in [2.05, 4.69) is 10.1 Å². The van der Waals surface area contributed by atoms with Crippen LogP contribution in [-0.4, -0.2) is 10.1 Å². The van der Waals surface area contributed by atoms with Gasteiger partial charge >= 0.3 is 0 Å². The summed E-state index contributed by atoms with van der Waals surface area (Å²) in [4.78, 5) is 13.7. The fourth-order valence-corrected chi connectivity index (χ4v) is 2.06. The summed E-state index contributed by atoms with van der Waals surface area (Å²) in [5.74, 6) is 0.259. The second-order valence-electron chi connectivity index (χ2n) is 4.58. The lowest BCUT2D eigenvalue weighted by molar-refractivity contribution is 0.439. The third kappa shape index (κ3) is 2.09. The van der Waals surface area contributed by atoms with Gasteiger partial charge in [0.05, 0.1) is 5.56 Å². The zero-order valence-electron chi connectivity index (χ0n) is 10.9. The molecule has 0 atom stereocenters. The lowest BCUT2D eigenvalue weighted by atomic mass is 10.0. The molecule has 2 aromatic heterocycles. The fourth-order valence-electron chi connectivity index (χ4n) is 2.06. The number of H-pyrrole nitrogens is 1. The second kappa shape index (κ2) is 4.70. The molecule has 0 aliphatic carbocycles. The van der Waals surface area contributed by atoms with Crippen LogP contribution in [0.1, 0.15) is 5.56 Å². The summed E-state index contributed by atoms with van der Waals surface area (Å²) in [6, 6.07) is 11.1. The summed E-state index contributed by atoms with van der Waals surface area (Å²) in [5, 5.41) is 3.99. The number of benzene rings is 1. The molecule has 3 N–H and O–H groups in total. The Morgan fingerprint density at radius 1 is 1.10 bits per heavy atom. The van der Waals surface area contributed by atoms with Gasteiger partial charge in [-0.25, -0.2) is 0 Å². The predicted octanol–water partition coefficient (Wildman–Crippen LogP) is 2.59. The maximum atomic E-state index is 11.1. The zero-order chi connectivity index (χ0) is 14.1. The Bertz CT molecular complexity index is 780. The first-order chi connectivity index (χ1) is 9.65. The normalized spacial score (nSPS) is 10.7. The summed E-state index contributed by atoms with van der Waals surface area (Å²) < 4.78 is 5.10. The van der Waals surface area contributed by atoms with Crippen LogP contribution in [0, 0.1) is 6.92 Å². The molecule has 0 aliphatic heterocycles. The quantitative estimate of drug-likeness (QED) is 0.747. The molecule has 0 saturated carbocycles. The summed E-state index contributed by atoms with van der Waals surface area (Å²) in [7, 11) is 0. The van der Waals surface area contributed by atoms with Gasteiger partial charge in [0.1, 0.15) is 5.69 Å². The Morgan fingerprint density at radius 2 is 1.80 bits per heavy atom. The maximum Gasteiger partial charge on any atom is 0.247 e. The van der Waals surface area contributed by atoms with E-state index in [4.69, 9.17) is 10.3 Å². The van der Waals surface area contributed by atoms with Crippen molar-refractivity contribution < 1.29 is 4.52 Å². The van der Waals surface area contributed by atoms with Crippen molar-refractivity contribution >= 4 is 5.88 Å². The Hall–Kier alpha value is -2.82. The number of hydrogen-bond donors (Lipinski definition) is 2. The Balaban J connectivity index is 2.16. The monoisotopic (exact) mass is 267 g/mol. The van der Waals surface area contributed by atoms with Crippen LogP contribution in [0.25, 0.3) is 22.4 Å². The largest absolute Gasteiger partial charge is 0.367 e. The minimum absolute atomic E-state index is 0.165. The number of nitrogens with one attached hydrogen (secondary N) is 1. The first-order valence-corrected chi connectivity index (χ1v) is 6.16. The molecule has 0 saturated heterocycles. The van der Waals surface area contributed by atoms with Gasteiger partial charge in [0.15, 0.2) is 0 Å². The van der Waals surface area contributed by atoms with E-state index in [1.54, 1.807) is 12.3 Å². The summed E-state index contributed by atoms with van der Waals surface area (Å²) in [6.45, 7) is 2.02. The second-order valence-corrected chi connectivity index (χ2v) is 4.58. The van der Waals surface area contributed by atoms with Gasteiger partial charge in [-0.3, -0.25) is 4.79 Å². The van der Waals surface area contributed by atoms with E-state index in [1.165, 1.54) is 6.07 Å². The van der Waals surface area contributed by atoms with E-state index in [0.29, 0.717) is 5.69 Å². The van der Waals surface area contributed by atoms with E-state index in [1.807, 2.05) is 31.2 Å². The predicted molar refractivity (Wildman–Crippen MR) is 77.1 cm³/mol. The van der Waals surface area contributed by atoms with E-state index in [9.17, 15) is 4.79 Å². The van der Waals surface area contributed by atoms with Gasteiger partial charge in [0.25, 0.3) is 0 Å². The first-order valence-electron chi connectivity index (χ1n) is 6.16. The van der Waals surface area contributed by atoms with Crippen LogP contribution < -0.4 is 11.3 Å². The molecule has 0 amide bonds. The number of nitrogen functional groups attached to an aromatic ring is 1. The number of anilines is 1. The molecule has 0 radical (unpaired) electrons. The number of aromatic nitrogens is 2. The zero-order valence-corrected chi connectivity index (χ0v) is 10.9. The number of hydrogen-bond acceptors (Lipinski definition) is 4. The van der Waals surface area contributed by atoms with Gasteiger partial charge < -0.3 is 15.2 Å². The molecular formula is C15H13N3O2. The van der Waals surface area contributed by atoms with E-state index >= 15 is 0 Å². The lowest BCUT2D eigenvalue weighted by Gasteiger charge is -2.03. The van der Waals surface area contributed by atoms with Crippen molar-refractivity contribution in [3.63, 3.8) is 0 Å². The third-order valence-corrected chi connectivity index (χ3v) is 3.12. The van der Waals surface area contributed by atoms with E-state index < -0.39 is 0 Å². The summed E-state index contributed by atoms with van der Waals surface area (Å²) >= 11 is 0. The van der Waals surface area contributed by atoms with Gasteiger partial charge in [-0.15, -0.1) is 0 Å². The summed E-state index contributed by atoms with van der Waals surface area (Å²) in [5.41, 5.74) is 9.90. The summed E-state index contributed by atoms with van der Waals surface area (Å²) in [6.07, 6.45) is 1.59. The van der Waals surface area contributed by atoms with Crippen molar-refractivity contribution in [2.45, 2.75) is 6.92 Å². The Kier molecular flexibility index (Phi) is 2.87. The molecule has 5 nitrogen and oxygen atoms in total. The molecule has 100 valence electrons. The molecule has 3 aromatic rings. The highest BCUT2D eigenvalue weighted by molar-refractivity contribution is 5.86. The highest BCUT2D eigenvalue weighted by Gasteiger charge is 2.17. The maximum absolute atomic E-state index is 11.1. The minimum atomic E-state index is -0.165. The van der Waals surface area contributed by atoms with Crippen LogP contribution in [0.15, 0.2) is 51.9 Å². The van der Waals surface area contributed by atoms with Crippen molar-refractivity contribution in [3.05, 3.63) is 58.5 Å². The highest BCUT2D eigenvalue weighted by Crippen LogP contribution is 2.35. The van der Waals surface area contributed by atoms with Crippen molar-refractivity contribution in [1.29, 1.82) is 0 Å². The average Bonchev–Trinajstić information content (AvgIpc) is 2.83.